The van der Waals surface area contributed by atoms with Crippen molar-refractivity contribution in [3.8, 4) is 11.5 Å². The van der Waals surface area contributed by atoms with Gasteiger partial charge < -0.3 is 35.8 Å². The summed E-state index contributed by atoms with van der Waals surface area (Å²) < 4.78 is 5.14. The number of carboxylic acids is 1. The lowest BCUT2D eigenvalue weighted by Crippen LogP contribution is -2.32. The Balaban J connectivity index is 0.000000703. The molecule has 2 aromatic rings. The Labute approximate surface area is 181 Å². The van der Waals surface area contributed by atoms with Crippen LogP contribution in [0.25, 0.3) is 0 Å². The number of carbonyl (C=O) groups excluding carboxylic acids is 1. The third-order valence-corrected chi connectivity index (χ3v) is 4.34. The molecule has 3 atom stereocenters. The van der Waals surface area contributed by atoms with Crippen LogP contribution in [-0.4, -0.2) is 58.6 Å². The first-order valence-corrected chi connectivity index (χ1v) is 9.66. The average molecular weight is 434 g/mol. The van der Waals surface area contributed by atoms with E-state index < -0.39 is 18.2 Å². The van der Waals surface area contributed by atoms with Gasteiger partial charge in [-0.3, -0.25) is 4.79 Å². The maximum Gasteiger partial charge on any atom is 0.332 e. The molecule has 9 heteroatoms. The fourth-order valence-corrected chi connectivity index (χ4v) is 2.56. The third kappa shape index (κ3) is 9.47. The number of nitrogens with one attached hydrogen (secondary N) is 2. The third-order valence-electron chi connectivity index (χ3n) is 4.34. The number of aromatic hydroxyl groups is 1. The van der Waals surface area contributed by atoms with E-state index in [0.29, 0.717) is 18.5 Å². The van der Waals surface area contributed by atoms with Crippen LogP contribution in [0.2, 0.25) is 0 Å². The molecule has 0 aromatic heterocycles. The molecule has 170 valence electrons. The number of phenols is 1. The lowest BCUT2D eigenvalue weighted by atomic mass is 10.1. The van der Waals surface area contributed by atoms with Crippen molar-refractivity contribution in [2.24, 2.45) is 0 Å². The summed E-state index contributed by atoms with van der Waals surface area (Å²) in [6.07, 6.45) is -0.666. The summed E-state index contributed by atoms with van der Waals surface area (Å²) in [4.78, 5) is 20.0. The number of phenolic OH excluding ortho intramolecular Hbond substituents is 1. The molecule has 0 fully saturated rings. The van der Waals surface area contributed by atoms with Crippen LogP contribution < -0.4 is 15.4 Å². The number of aliphatic carboxylic acids is 1. The van der Waals surface area contributed by atoms with Crippen molar-refractivity contribution in [2.75, 3.05) is 19.0 Å². The minimum absolute atomic E-state index is 0.0381. The van der Waals surface area contributed by atoms with E-state index in [2.05, 4.69) is 10.6 Å². The largest absolute Gasteiger partial charge is 0.506 e. The highest BCUT2D eigenvalue weighted by Crippen LogP contribution is 2.26. The minimum Gasteiger partial charge on any atom is -0.506 e. The van der Waals surface area contributed by atoms with E-state index in [1.807, 2.05) is 31.2 Å². The quantitative estimate of drug-likeness (QED) is 0.244. The Morgan fingerprint density at radius 2 is 1.74 bits per heavy atom. The molecule has 2 rings (SSSR count). The zero-order chi connectivity index (χ0) is 23.4. The predicted molar refractivity (Wildman–Crippen MR) is 116 cm³/mol. The second kappa shape index (κ2) is 13.2. The first kappa shape index (κ1) is 25.9. The number of anilines is 1. The summed E-state index contributed by atoms with van der Waals surface area (Å²) in [5.74, 6) is -0.397. The topological polar surface area (TPSA) is 148 Å². The first-order valence-electron chi connectivity index (χ1n) is 9.66. The number of carboxylic acid groups (broad SMARTS) is 1. The van der Waals surface area contributed by atoms with Gasteiger partial charge in [-0.15, -0.1) is 0 Å². The Morgan fingerprint density at radius 1 is 1.13 bits per heavy atom. The van der Waals surface area contributed by atoms with Crippen LogP contribution >= 0.6 is 0 Å². The lowest BCUT2D eigenvalue weighted by molar-refractivity contribution is -0.145. The lowest BCUT2D eigenvalue weighted by Gasteiger charge is -2.18. The molecule has 31 heavy (non-hydrogen) atoms. The highest BCUT2D eigenvalue weighted by Gasteiger charge is 2.12. The Hall–Kier alpha value is -3.14. The van der Waals surface area contributed by atoms with E-state index in [1.165, 1.54) is 18.6 Å². The van der Waals surface area contributed by atoms with Gasteiger partial charge in [-0.2, -0.15) is 0 Å². The zero-order valence-electron chi connectivity index (χ0n) is 17.8. The summed E-state index contributed by atoms with van der Waals surface area (Å²) in [5, 5.41) is 41.4. The smallest absolute Gasteiger partial charge is 0.332 e. The van der Waals surface area contributed by atoms with Crippen LogP contribution in [0.5, 0.6) is 11.5 Å². The van der Waals surface area contributed by atoms with E-state index in [-0.39, 0.29) is 17.5 Å². The van der Waals surface area contributed by atoms with Crippen molar-refractivity contribution < 1.29 is 34.8 Å². The van der Waals surface area contributed by atoms with Gasteiger partial charge in [-0.25, -0.2) is 4.79 Å². The Morgan fingerprint density at radius 3 is 2.26 bits per heavy atom. The van der Waals surface area contributed by atoms with Gasteiger partial charge in [0.15, 0.2) is 0 Å². The normalized spacial score (nSPS) is 13.2. The number of hydrogen-bond donors (Lipinski definition) is 6. The standard InChI is InChI=1S/C19H24N2O4.C3H6O3/c1-13(9-14-3-6-16(25-2)7-4-14)20-11-19(24)15-5-8-18(23)17(10-15)21-12-22;1-2(4)3(5)6/h3-8,10,12-13,19-20,23-24H,9,11H2,1-2H3,(H,21,22);2,4H,1H3,(H,5,6). The molecule has 0 spiro atoms. The van der Waals surface area contributed by atoms with Crippen molar-refractivity contribution in [1.82, 2.24) is 5.32 Å². The zero-order valence-corrected chi connectivity index (χ0v) is 17.8. The van der Waals surface area contributed by atoms with Gasteiger partial charge in [-0.05, 0) is 55.7 Å². The summed E-state index contributed by atoms with van der Waals surface area (Å²) in [6, 6.07) is 12.7. The van der Waals surface area contributed by atoms with E-state index >= 15 is 0 Å². The summed E-state index contributed by atoms with van der Waals surface area (Å²) in [7, 11) is 1.64. The number of ether oxygens (including phenoxy) is 1. The van der Waals surface area contributed by atoms with E-state index in [4.69, 9.17) is 14.9 Å². The molecule has 0 heterocycles. The molecule has 0 aliphatic carbocycles. The number of rotatable bonds is 10. The molecular formula is C22H30N2O7. The predicted octanol–water partition coefficient (Wildman–Crippen LogP) is 1.68. The second-order valence-corrected chi connectivity index (χ2v) is 6.93. The van der Waals surface area contributed by atoms with Crippen molar-refractivity contribution in [3.63, 3.8) is 0 Å². The Bertz CT molecular complexity index is 825. The number of carbonyl (C=O) groups is 2. The highest BCUT2D eigenvalue weighted by atomic mass is 16.5. The number of amides is 1. The van der Waals surface area contributed by atoms with Crippen LogP contribution in [-0.2, 0) is 16.0 Å². The van der Waals surface area contributed by atoms with Crippen molar-refractivity contribution in [1.29, 1.82) is 0 Å². The monoisotopic (exact) mass is 434 g/mol. The average Bonchev–Trinajstić information content (AvgIpc) is 2.74. The molecule has 0 saturated carbocycles. The molecule has 1 amide bonds. The van der Waals surface area contributed by atoms with Crippen molar-refractivity contribution in [2.45, 2.75) is 38.5 Å². The molecule has 0 radical (unpaired) electrons. The highest BCUT2D eigenvalue weighted by molar-refractivity contribution is 5.75. The Kier molecular flexibility index (Phi) is 11.0. The van der Waals surface area contributed by atoms with Crippen LogP contribution in [0.1, 0.15) is 31.1 Å². The maximum absolute atomic E-state index is 10.5. The molecule has 2 aromatic carbocycles. The second-order valence-electron chi connectivity index (χ2n) is 6.93. The van der Waals surface area contributed by atoms with Crippen molar-refractivity contribution in [3.05, 3.63) is 53.6 Å². The number of aliphatic hydroxyl groups is 2. The molecule has 0 aliphatic heterocycles. The van der Waals surface area contributed by atoms with E-state index in [9.17, 15) is 19.8 Å². The van der Waals surface area contributed by atoms with Gasteiger partial charge in [0.1, 0.15) is 17.6 Å². The molecule has 6 N–H and O–H groups in total. The first-order chi connectivity index (χ1) is 14.7. The fraction of sp³-hybridized carbons (Fsp3) is 0.364. The molecule has 9 nitrogen and oxygen atoms in total. The molecule has 0 bridgehead atoms. The van der Waals surface area contributed by atoms with Crippen LogP contribution in [0.3, 0.4) is 0 Å². The molecule has 0 aliphatic rings. The van der Waals surface area contributed by atoms with Crippen molar-refractivity contribution >= 4 is 18.1 Å². The van der Waals surface area contributed by atoms with Gasteiger partial charge in [0.25, 0.3) is 0 Å². The fourth-order valence-electron chi connectivity index (χ4n) is 2.56. The van der Waals surface area contributed by atoms with Crippen LogP contribution in [0.15, 0.2) is 42.5 Å². The summed E-state index contributed by atoms with van der Waals surface area (Å²) >= 11 is 0. The maximum atomic E-state index is 10.5. The van der Waals surface area contributed by atoms with Gasteiger partial charge in [0.05, 0.1) is 18.9 Å². The number of benzene rings is 2. The summed E-state index contributed by atoms with van der Waals surface area (Å²) in [5.41, 5.74) is 2.07. The van der Waals surface area contributed by atoms with E-state index in [1.54, 1.807) is 19.2 Å². The van der Waals surface area contributed by atoms with Gasteiger partial charge >= 0.3 is 5.97 Å². The number of methoxy groups -OCH3 is 1. The molecule has 3 unspecified atom stereocenters. The summed E-state index contributed by atoms with van der Waals surface area (Å²) in [6.45, 7) is 3.61. The SMILES string of the molecule is CC(O)C(=O)O.COc1ccc(CC(C)NCC(O)c2ccc(O)c(NC=O)c2)cc1. The van der Waals surface area contributed by atoms with Gasteiger partial charge in [0.2, 0.25) is 6.41 Å². The molecular weight excluding hydrogens is 404 g/mol. The number of aliphatic hydroxyl groups excluding tert-OH is 2. The van der Waals surface area contributed by atoms with E-state index in [0.717, 1.165) is 12.2 Å². The molecule has 0 saturated heterocycles. The van der Waals surface area contributed by atoms with Gasteiger partial charge in [0, 0.05) is 12.6 Å². The van der Waals surface area contributed by atoms with Crippen LogP contribution in [0, 0.1) is 0 Å². The minimum atomic E-state index is -1.23. The van der Waals surface area contributed by atoms with Crippen LogP contribution in [0.4, 0.5) is 5.69 Å². The number of hydrogen-bond acceptors (Lipinski definition) is 7. The van der Waals surface area contributed by atoms with Gasteiger partial charge in [-0.1, -0.05) is 18.2 Å².